The van der Waals surface area contributed by atoms with Crippen LogP contribution >= 0.6 is 11.3 Å². The van der Waals surface area contributed by atoms with Crippen LogP contribution in [0.4, 0.5) is 5.00 Å². The molecule has 7 heteroatoms. The molecule has 0 spiro atoms. The van der Waals surface area contributed by atoms with Crippen molar-refractivity contribution in [1.82, 2.24) is 5.32 Å². The summed E-state index contributed by atoms with van der Waals surface area (Å²) >= 11 is 1.51. The number of anilines is 1. The Bertz CT molecular complexity index is 946. The Morgan fingerprint density at radius 3 is 2.48 bits per heavy atom. The van der Waals surface area contributed by atoms with Gasteiger partial charge in [0.2, 0.25) is 5.91 Å². The molecular formula is C24H30N2O4S. The molecular weight excluding hydrogens is 412 g/mol. The van der Waals surface area contributed by atoms with E-state index < -0.39 is 17.8 Å². The van der Waals surface area contributed by atoms with Gasteiger partial charge in [0, 0.05) is 10.9 Å². The van der Waals surface area contributed by atoms with Crippen molar-refractivity contribution in [3.63, 3.8) is 0 Å². The number of amides is 2. The van der Waals surface area contributed by atoms with Gasteiger partial charge >= 0.3 is 5.97 Å². The molecule has 0 aromatic carbocycles. The molecule has 1 heterocycles. The van der Waals surface area contributed by atoms with Crippen molar-refractivity contribution in [3.8, 4) is 0 Å². The Balaban J connectivity index is 1.43. The Morgan fingerprint density at radius 1 is 1.06 bits per heavy atom. The molecule has 0 aliphatic heterocycles. The average molecular weight is 443 g/mol. The van der Waals surface area contributed by atoms with Gasteiger partial charge in [0.1, 0.15) is 5.00 Å². The number of aliphatic carboxylic acids is 1. The number of thiophene rings is 1. The van der Waals surface area contributed by atoms with Gasteiger partial charge < -0.3 is 15.7 Å². The maximum atomic E-state index is 13.3. The quantitative estimate of drug-likeness (QED) is 0.601. The SMILES string of the molecule is C[C@H]1CCc2c(sc(NC(=O)[C@@H]3[C@@H](C(=O)O)[C@H]4C=C[C@@H]3C4)c2C(=O)NC2CCCC2)C1. The van der Waals surface area contributed by atoms with Crippen LogP contribution in [0, 0.1) is 29.6 Å². The van der Waals surface area contributed by atoms with Gasteiger partial charge in [0.15, 0.2) is 0 Å². The molecule has 5 atom stereocenters. The number of carboxylic acids is 1. The van der Waals surface area contributed by atoms with E-state index in [9.17, 15) is 19.5 Å². The number of carbonyl (C=O) groups excluding carboxylic acids is 2. The van der Waals surface area contributed by atoms with E-state index in [4.69, 9.17) is 0 Å². The highest BCUT2D eigenvalue weighted by Gasteiger charge is 2.51. The van der Waals surface area contributed by atoms with Crippen LogP contribution in [0.2, 0.25) is 0 Å². The first-order valence-electron chi connectivity index (χ1n) is 11.6. The summed E-state index contributed by atoms with van der Waals surface area (Å²) in [6.45, 7) is 2.22. The van der Waals surface area contributed by atoms with Crippen LogP contribution in [0.25, 0.3) is 0 Å². The smallest absolute Gasteiger partial charge is 0.307 e. The summed E-state index contributed by atoms with van der Waals surface area (Å²) < 4.78 is 0. The summed E-state index contributed by atoms with van der Waals surface area (Å²) in [5, 5.41) is 16.5. The zero-order chi connectivity index (χ0) is 21.7. The molecule has 2 saturated carbocycles. The third kappa shape index (κ3) is 3.71. The highest BCUT2D eigenvalue weighted by atomic mass is 32.1. The van der Waals surface area contributed by atoms with E-state index in [0.717, 1.165) is 56.9 Å². The van der Waals surface area contributed by atoms with Crippen LogP contribution < -0.4 is 10.6 Å². The molecule has 166 valence electrons. The first kappa shape index (κ1) is 20.7. The van der Waals surface area contributed by atoms with Crippen molar-refractivity contribution in [3.05, 3.63) is 28.2 Å². The summed E-state index contributed by atoms with van der Waals surface area (Å²) in [5.74, 6) is -2.04. The number of carboxylic acid groups (broad SMARTS) is 1. The van der Waals surface area contributed by atoms with Crippen LogP contribution in [-0.4, -0.2) is 28.9 Å². The van der Waals surface area contributed by atoms with Crippen molar-refractivity contribution in [2.24, 2.45) is 29.6 Å². The van der Waals surface area contributed by atoms with Crippen LogP contribution in [0.1, 0.15) is 66.2 Å². The Hall–Kier alpha value is -2.15. The first-order chi connectivity index (χ1) is 14.9. The Morgan fingerprint density at radius 2 is 1.77 bits per heavy atom. The maximum absolute atomic E-state index is 13.3. The molecule has 5 rings (SSSR count). The molecule has 2 bridgehead atoms. The second-order valence-corrected chi connectivity index (χ2v) is 10.9. The third-order valence-electron chi connectivity index (χ3n) is 7.71. The lowest BCUT2D eigenvalue weighted by Gasteiger charge is -2.24. The number of allylic oxidation sites excluding steroid dienone is 2. The Labute approximate surface area is 186 Å². The fourth-order valence-electron chi connectivity index (χ4n) is 6.12. The van der Waals surface area contributed by atoms with Crippen LogP contribution in [-0.2, 0) is 22.4 Å². The van der Waals surface area contributed by atoms with E-state index in [-0.39, 0.29) is 29.7 Å². The minimum atomic E-state index is -0.907. The number of hydrogen-bond acceptors (Lipinski definition) is 4. The van der Waals surface area contributed by atoms with E-state index in [0.29, 0.717) is 16.5 Å². The monoisotopic (exact) mass is 442 g/mol. The predicted octanol–water partition coefficient (Wildman–Crippen LogP) is 4.01. The van der Waals surface area contributed by atoms with Gasteiger partial charge in [0.05, 0.1) is 17.4 Å². The van der Waals surface area contributed by atoms with E-state index in [1.165, 1.54) is 16.2 Å². The zero-order valence-corrected chi connectivity index (χ0v) is 18.7. The average Bonchev–Trinajstić information content (AvgIpc) is 3.50. The fourth-order valence-corrected chi connectivity index (χ4v) is 7.53. The molecule has 1 aromatic heterocycles. The first-order valence-corrected chi connectivity index (χ1v) is 12.4. The van der Waals surface area contributed by atoms with Gasteiger partial charge in [-0.15, -0.1) is 11.3 Å². The molecule has 0 radical (unpaired) electrons. The van der Waals surface area contributed by atoms with Crippen LogP contribution in [0.5, 0.6) is 0 Å². The molecule has 0 unspecified atom stereocenters. The van der Waals surface area contributed by atoms with Crippen molar-refractivity contribution >= 4 is 34.1 Å². The highest BCUT2D eigenvalue weighted by Crippen LogP contribution is 2.49. The Kier molecular flexibility index (Phi) is 5.40. The van der Waals surface area contributed by atoms with Gasteiger partial charge in [0.25, 0.3) is 5.91 Å². The topological polar surface area (TPSA) is 95.5 Å². The molecule has 4 aliphatic rings. The van der Waals surface area contributed by atoms with Crippen LogP contribution in [0.3, 0.4) is 0 Å². The van der Waals surface area contributed by atoms with Crippen molar-refractivity contribution in [2.45, 2.75) is 64.3 Å². The molecule has 2 fully saturated rings. The minimum Gasteiger partial charge on any atom is -0.481 e. The third-order valence-corrected chi connectivity index (χ3v) is 8.88. The van der Waals surface area contributed by atoms with E-state index in [2.05, 4.69) is 17.6 Å². The molecule has 6 nitrogen and oxygen atoms in total. The summed E-state index contributed by atoms with van der Waals surface area (Å²) in [5.41, 5.74) is 1.70. The van der Waals surface area contributed by atoms with Crippen LogP contribution in [0.15, 0.2) is 12.2 Å². The molecule has 4 aliphatic carbocycles. The minimum absolute atomic E-state index is 0.0310. The molecule has 0 saturated heterocycles. The van der Waals surface area contributed by atoms with Gasteiger partial charge in [-0.2, -0.15) is 0 Å². The fraction of sp³-hybridized carbons (Fsp3) is 0.625. The maximum Gasteiger partial charge on any atom is 0.307 e. The van der Waals surface area contributed by atoms with Crippen molar-refractivity contribution in [1.29, 1.82) is 0 Å². The lowest BCUT2D eigenvalue weighted by Crippen LogP contribution is -2.37. The van der Waals surface area contributed by atoms with Gasteiger partial charge in [-0.25, -0.2) is 0 Å². The summed E-state index contributed by atoms with van der Waals surface area (Å²) in [4.78, 5) is 39.6. The highest BCUT2D eigenvalue weighted by molar-refractivity contribution is 7.17. The lowest BCUT2D eigenvalue weighted by atomic mass is 9.82. The standard InChI is InChI=1S/C24H30N2O4S/c1-12-6-9-16-17(10-12)31-23(20(16)22(28)25-15-4-2-3-5-15)26-21(27)18-13-7-8-14(11-13)19(18)24(29)30/h7-8,12-15,18-19H,2-6,9-11H2,1H3,(H,25,28)(H,26,27)(H,29,30)/t12-,13+,14-,18-,19-/m0/s1. The molecule has 3 N–H and O–H groups in total. The number of rotatable bonds is 5. The number of fused-ring (bicyclic) bond motifs is 3. The van der Waals surface area contributed by atoms with E-state index in [1.54, 1.807) is 0 Å². The van der Waals surface area contributed by atoms with Crippen molar-refractivity contribution in [2.75, 3.05) is 5.32 Å². The molecule has 31 heavy (non-hydrogen) atoms. The summed E-state index contributed by atoms with van der Waals surface area (Å²) in [7, 11) is 0. The number of hydrogen-bond donors (Lipinski definition) is 3. The van der Waals surface area contributed by atoms with Gasteiger partial charge in [-0.1, -0.05) is 31.9 Å². The van der Waals surface area contributed by atoms with E-state index >= 15 is 0 Å². The largest absolute Gasteiger partial charge is 0.481 e. The zero-order valence-electron chi connectivity index (χ0n) is 17.9. The lowest BCUT2D eigenvalue weighted by molar-refractivity contribution is -0.146. The van der Waals surface area contributed by atoms with Gasteiger partial charge in [-0.3, -0.25) is 14.4 Å². The normalized spacial score (nSPS) is 31.6. The number of nitrogens with one attached hydrogen (secondary N) is 2. The number of carbonyl (C=O) groups is 3. The van der Waals surface area contributed by atoms with Crippen molar-refractivity contribution < 1.29 is 19.5 Å². The second-order valence-electron chi connectivity index (χ2n) is 9.84. The summed E-state index contributed by atoms with van der Waals surface area (Å²) in [6, 6.07) is 0.209. The molecule has 2 amide bonds. The van der Waals surface area contributed by atoms with Gasteiger partial charge in [-0.05, 0) is 61.8 Å². The second kappa shape index (κ2) is 8.08. The molecule has 1 aromatic rings. The summed E-state index contributed by atoms with van der Waals surface area (Å²) in [6.07, 6.45) is 11.8. The predicted molar refractivity (Wildman–Crippen MR) is 119 cm³/mol. The van der Waals surface area contributed by atoms with E-state index in [1.807, 2.05) is 12.2 Å².